The van der Waals surface area contributed by atoms with Gasteiger partial charge in [-0.1, -0.05) is 231 Å². The molecule has 0 saturated carbocycles. The van der Waals surface area contributed by atoms with E-state index in [1.807, 2.05) is 12.1 Å². The van der Waals surface area contributed by atoms with Crippen molar-refractivity contribution in [2.75, 3.05) is 4.90 Å². The van der Waals surface area contributed by atoms with Crippen molar-refractivity contribution in [3.05, 3.63) is 307 Å². The fourth-order valence-electron chi connectivity index (χ4n) is 11.8. The minimum absolute atomic E-state index is 0.464. The fourth-order valence-corrected chi connectivity index (χ4v) is 11.8. The Labute approximate surface area is 425 Å². The predicted molar refractivity (Wildman–Crippen MR) is 305 cm³/mol. The molecule has 1 heterocycles. The van der Waals surface area contributed by atoms with Gasteiger partial charge < -0.3 is 9.32 Å². The summed E-state index contributed by atoms with van der Waals surface area (Å²) in [5.41, 5.74) is 21.6. The highest BCUT2D eigenvalue weighted by Gasteiger charge is 2.46. The van der Waals surface area contributed by atoms with Crippen LogP contribution < -0.4 is 4.90 Å². The van der Waals surface area contributed by atoms with Gasteiger partial charge in [0.15, 0.2) is 0 Å². The molecule has 0 radical (unpaired) electrons. The van der Waals surface area contributed by atoms with Crippen molar-refractivity contribution >= 4 is 49.8 Å². The molecule has 2 heteroatoms. The van der Waals surface area contributed by atoms with E-state index < -0.39 is 5.41 Å². The van der Waals surface area contributed by atoms with Crippen LogP contribution in [0.5, 0.6) is 0 Å². The van der Waals surface area contributed by atoms with Crippen LogP contribution in [0.3, 0.4) is 0 Å². The lowest BCUT2D eigenvalue weighted by molar-refractivity contribution is 0.670. The summed E-state index contributed by atoms with van der Waals surface area (Å²) in [4.78, 5) is 2.37. The molecule has 342 valence electrons. The van der Waals surface area contributed by atoms with E-state index >= 15 is 0 Å². The molecule has 2 nitrogen and oxygen atoms in total. The SMILES string of the molecule is c1ccc(-c2ccc3cc(-c4ccc(N(c5ccc(-c6cccc7c6-c6ccccc6C7(c6ccccc6)c6ccccc6)cc5)c5ccc(-c6cccc7c6oc6ccccc67)cc5)cc4)ccc3c2)cc1. The number of anilines is 3. The van der Waals surface area contributed by atoms with Gasteiger partial charge in [-0.15, -0.1) is 0 Å². The Kier molecular flexibility index (Phi) is 10.1. The third-order valence-corrected chi connectivity index (χ3v) is 15.2. The molecule has 13 aromatic rings. The van der Waals surface area contributed by atoms with E-state index in [9.17, 15) is 0 Å². The van der Waals surface area contributed by atoms with Crippen molar-refractivity contribution in [3.8, 4) is 55.6 Å². The van der Waals surface area contributed by atoms with Crippen molar-refractivity contribution < 1.29 is 4.42 Å². The van der Waals surface area contributed by atoms with E-state index in [1.165, 1.54) is 77.5 Å². The second-order valence-electron chi connectivity index (χ2n) is 19.2. The maximum atomic E-state index is 6.49. The molecule has 0 N–H and O–H groups in total. The van der Waals surface area contributed by atoms with Gasteiger partial charge >= 0.3 is 0 Å². The second kappa shape index (κ2) is 17.4. The van der Waals surface area contributed by atoms with Gasteiger partial charge in [0.1, 0.15) is 11.2 Å². The Morgan fingerprint density at radius 2 is 0.726 bits per heavy atom. The van der Waals surface area contributed by atoms with Gasteiger partial charge in [0.2, 0.25) is 0 Å². The van der Waals surface area contributed by atoms with Crippen molar-refractivity contribution in [3.63, 3.8) is 0 Å². The van der Waals surface area contributed by atoms with Crippen LogP contribution >= 0.6 is 0 Å². The Balaban J connectivity index is 0.862. The average Bonchev–Trinajstić information content (AvgIpc) is 4.03. The van der Waals surface area contributed by atoms with E-state index in [0.29, 0.717) is 0 Å². The molecule has 0 fully saturated rings. The molecule has 0 bridgehead atoms. The van der Waals surface area contributed by atoms with E-state index in [-0.39, 0.29) is 0 Å². The zero-order chi connectivity index (χ0) is 48.3. The molecular formula is C71H47NO. The Morgan fingerprint density at radius 3 is 1.36 bits per heavy atom. The van der Waals surface area contributed by atoms with E-state index in [2.05, 4.69) is 278 Å². The largest absolute Gasteiger partial charge is 0.455 e. The number of nitrogens with zero attached hydrogens (tertiary/aromatic N) is 1. The van der Waals surface area contributed by atoms with Crippen LogP contribution in [0.15, 0.2) is 290 Å². The first-order chi connectivity index (χ1) is 36.2. The molecule has 12 aromatic carbocycles. The molecular weight excluding hydrogens is 883 g/mol. The van der Waals surface area contributed by atoms with Crippen molar-refractivity contribution in [2.24, 2.45) is 0 Å². The molecule has 0 spiro atoms. The zero-order valence-corrected chi connectivity index (χ0v) is 40.0. The highest BCUT2D eigenvalue weighted by atomic mass is 16.3. The minimum Gasteiger partial charge on any atom is -0.455 e. The first kappa shape index (κ1) is 42.4. The van der Waals surface area contributed by atoms with Gasteiger partial charge in [0, 0.05) is 33.4 Å². The average molecular weight is 930 g/mol. The minimum atomic E-state index is -0.464. The Bertz CT molecular complexity index is 4120. The third-order valence-electron chi connectivity index (χ3n) is 15.2. The maximum absolute atomic E-state index is 6.49. The molecule has 14 rings (SSSR count). The number of hydrogen-bond donors (Lipinski definition) is 0. The first-order valence-corrected chi connectivity index (χ1v) is 25.1. The summed E-state index contributed by atoms with van der Waals surface area (Å²) in [6.07, 6.45) is 0. The summed E-state index contributed by atoms with van der Waals surface area (Å²) in [5.74, 6) is 0. The monoisotopic (exact) mass is 929 g/mol. The van der Waals surface area contributed by atoms with Gasteiger partial charge in [0.05, 0.1) is 5.41 Å². The van der Waals surface area contributed by atoms with Gasteiger partial charge in [-0.2, -0.15) is 0 Å². The van der Waals surface area contributed by atoms with Crippen molar-refractivity contribution in [1.29, 1.82) is 0 Å². The standard InChI is InChI=1S/C71H47NO/c1-4-16-48(17-5-1)52-30-32-55-47-53(31-33-54(55)46-52)49-34-40-58(41-35-49)72(60-44-38-51(39-45-60)62-25-14-26-64-63-22-11-13-29-68(63)73-70(62)64)59-42-36-50(37-43-59)61-24-15-28-67-69(61)65-23-10-12-27-66(65)71(67,56-18-6-2-7-19-56)57-20-8-3-9-21-57/h1-47H. The fraction of sp³-hybridized carbons (Fsp3) is 0.0141. The topological polar surface area (TPSA) is 16.4 Å². The van der Waals surface area contributed by atoms with Crippen LogP contribution in [0.2, 0.25) is 0 Å². The first-order valence-electron chi connectivity index (χ1n) is 25.1. The lowest BCUT2D eigenvalue weighted by atomic mass is 9.67. The summed E-state index contributed by atoms with van der Waals surface area (Å²) in [6, 6.07) is 104. The number of rotatable bonds is 9. The molecule has 0 aliphatic heterocycles. The summed E-state index contributed by atoms with van der Waals surface area (Å²) < 4.78 is 6.49. The number of furan rings is 1. The molecule has 0 atom stereocenters. The van der Waals surface area contributed by atoms with Crippen LogP contribution in [-0.4, -0.2) is 0 Å². The van der Waals surface area contributed by atoms with Crippen LogP contribution in [0.4, 0.5) is 17.1 Å². The van der Waals surface area contributed by atoms with Crippen LogP contribution in [0.25, 0.3) is 88.3 Å². The molecule has 0 saturated heterocycles. The van der Waals surface area contributed by atoms with Crippen LogP contribution in [0.1, 0.15) is 22.3 Å². The lowest BCUT2D eigenvalue weighted by Crippen LogP contribution is -2.28. The van der Waals surface area contributed by atoms with Gasteiger partial charge in [-0.05, 0) is 138 Å². The molecule has 1 aliphatic carbocycles. The lowest BCUT2D eigenvalue weighted by Gasteiger charge is -2.34. The second-order valence-corrected chi connectivity index (χ2v) is 19.2. The summed E-state index contributed by atoms with van der Waals surface area (Å²) >= 11 is 0. The zero-order valence-electron chi connectivity index (χ0n) is 40.0. The number of fused-ring (bicyclic) bond motifs is 7. The molecule has 1 aliphatic rings. The smallest absolute Gasteiger partial charge is 0.143 e. The Hall–Kier alpha value is -9.50. The summed E-state index contributed by atoms with van der Waals surface area (Å²) in [7, 11) is 0. The number of benzene rings is 12. The van der Waals surface area contributed by atoms with Crippen molar-refractivity contribution in [2.45, 2.75) is 5.41 Å². The predicted octanol–water partition coefficient (Wildman–Crippen LogP) is 19.2. The quantitative estimate of drug-likeness (QED) is 0.143. The van der Waals surface area contributed by atoms with Gasteiger partial charge in [0.25, 0.3) is 0 Å². The van der Waals surface area contributed by atoms with E-state index in [0.717, 1.165) is 50.1 Å². The van der Waals surface area contributed by atoms with Gasteiger partial charge in [-0.3, -0.25) is 0 Å². The normalized spacial score (nSPS) is 12.5. The molecule has 0 amide bonds. The summed E-state index contributed by atoms with van der Waals surface area (Å²) in [6.45, 7) is 0. The molecule has 1 aromatic heterocycles. The number of hydrogen-bond acceptors (Lipinski definition) is 2. The number of para-hydroxylation sites is 2. The van der Waals surface area contributed by atoms with Crippen LogP contribution in [-0.2, 0) is 5.41 Å². The molecule has 0 unspecified atom stereocenters. The van der Waals surface area contributed by atoms with Crippen LogP contribution in [0, 0.1) is 0 Å². The third kappa shape index (κ3) is 7.02. The maximum Gasteiger partial charge on any atom is 0.143 e. The van der Waals surface area contributed by atoms with Gasteiger partial charge in [-0.25, -0.2) is 0 Å². The highest BCUT2D eigenvalue weighted by molar-refractivity contribution is 6.09. The van der Waals surface area contributed by atoms with E-state index in [4.69, 9.17) is 4.42 Å². The Morgan fingerprint density at radius 1 is 0.288 bits per heavy atom. The van der Waals surface area contributed by atoms with Crippen molar-refractivity contribution in [1.82, 2.24) is 0 Å². The highest BCUT2D eigenvalue weighted by Crippen LogP contribution is 2.58. The molecule has 73 heavy (non-hydrogen) atoms. The van der Waals surface area contributed by atoms with E-state index in [1.54, 1.807) is 0 Å². The summed E-state index contributed by atoms with van der Waals surface area (Å²) in [5, 5.41) is 4.71.